The van der Waals surface area contributed by atoms with E-state index in [1.165, 1.54) is 35.5 Å². The zero-order valence-electron chi connectivity index (χ0n) is 20.1. The van der Waals surface area contributed by atoms with Gasteiger partial charge in [-0.15, -0.1) is 16.9 Å². The molecule has 2 aliphatic heterocycles. The number of fused-ring (bicyclic) bond motifs is 1. The summed E-state index contributed by atoms with van der Waals surface area (Å²) in [5.41, 5.74) is 4.17. The second-order valence-corrected chi connectivity index (χ2v) is 11.4. The topological polar surface area (TPSA) is 207 Å². The average Bonchev–Trinajstić information content (AvgIpc) is 3.51. The molecular weight excluding hydrogens is 546 g/mol. The largest absolute Gasteiger partial charge is 0.481 e. The first-order valence-electron chi connectivity index (χ1n) is 10.9. The Kier molecular flexibility index (Phi) is 8.14. The molecule has 2 saturated heterocycles. The number of carboxylic acids is 1. The third-order valence-corrected chi connectivity index (χ3v) is 9.05. The van der Waals surface area contributed by atoms with Gasteiger partial charge in [-0.3, -0.25) is 14.4 Å². The van der Waals surface area contributed by atoms with Crippen LogP contribution in [0.2, 0.25) is 0 Å². The van der Waals surface area contributed by atoms with Crippen LogP contribution in [0.5, 0.6) is 0 Å². The van der Waals surface area contributed by atoms with Crippen LogP contribution < -0.4 is 11.1 Å². The monoisotopic (exact) mass is 571 g/mol. The lowest BCUT2D eigenvalue weighted by molar-refractivity contribution is -0.157. The molecule has 3 atom stereocenters. The molecule has 2 unspecified atom stereocenters. The first-order chi connectivity index (χ1) is 17.6. The highest BCUT2D eigenvalue weighted by Gasteiger charge is 2.57. The van der Waals surface area contributed by atoms with Crippen LogP contribution in [-0.4, -0.2) is 125 Å². The molecule has 4 rings (SSSR count). The van der Waals surface area contributed by atoms with Crippen molar-refractivity contribution >= 4 is 63.7 Å². The van der Waals surface area contributed by atoms with Gasteiger partial charge in [-0.1, -0.05) is 16.9 Å². The predicted molar refractivity (Wildman–Crippen MR) is 135 cm³/mol. The van der Waals surface area contributed by atoms with Crippen molar-refractivity contribution in [2.75, 3.05) is 51.5 Å². The fraction of sp³-hybridized carbons (Fsp3) is 0.611. The molecule has 0 spiro atoms. The number of likely N-dealkylation sites (N-methyl/N-ethyl adjacent to an activating group) is 1. The number of tetrazole rings is 1. The Morgan fingerprint density at radius 2 is 2.22 bits per heavy atom. The summed E-state index contributed by atoms with van der Waals surface area (Å²) >= 11 is 3.43. The number of carboxylic acid groups (broad SMARTS) is 1. The lowest BCUT2D eigenvalue weighted by atomic mass is 9.89. The van der Waals surface area contributed by atoms with Crippen LogP contribution in [0.15, 0.2) is 10.3 Å². The Hall–Kier alpha value is -3.03. The van der Waals surface area contributed by atoms with Crippen molar-refractivity contribution in [2.24, 2.45) is 10.6 Å². The maximum absolute atomic E-state index is 12.9. The Morgan fingerprint density at radius 1 is 1.43 bits per heavy atom. The van der Waals surface area contributed by atoms with Crippen LogP contribution in [-0.2, 0) is 25.8 Å². The molecule has 0 aromatic carbocycles. The van der Waals surface area contributed by atoms with E-state index in [1.807, 2.05) is 19.0 Å². The van der Waals surface area contributed by atoms with E-state index in [1.54, 1.807) is 4.68 Å². The normalized spacial score (nSPS) is 23.5. The molecule has 0 bridgehead atoms. The number of aliphatic carboxylic acids is 1. The Bertz CT molecular complexity index is 1200. The summed E-state index contributed by atoms with van der Waals surface area (Å²) in [5, 5.41) is 28.3. The van der Waals surface area contributed by atoms with Gasteiger partial charge < -0.3 is 30.8 Å². The molecule has 16 nitrogen and oxygen atoms in total. The van der Waals surface area contributed by atoms with Crippen LogP contribution in [0.3, 0.4) is 0 Å². The van der Waals surface area contributed by atoms with Crippen molar-refractivity contribution < 1.29 is 24.3 Å². The van der Waals surface area contributed by atoms with E-state index >= 15 is 0 Å². The number of β-lactam (4-membered cyclic amide) rings is 1. The standard InChI is InChI=1S/C18H25N11O5S3/c1-27(2)4-5-29-17(22-25-26-29)36-8-18(15(32)33)6-28-13(31)10(14(28)35-7-18)20-12(30)9(23-34-3)11-21-16(19)37-24-11/h10,14H,4-8H2,1-3H3,(H,20,30)(H,32,33)(H2,19,21,24)/t10?,14-,18?/m1/s1. The van der Waals surface area contributed by atoms with Gasteiger partial charge in [-0.05, 0) is 24.5 Å². The van der Waals surface area contributed by atoms with Gasteiger partial charge in [0.1, 0.15) is 23.9 Å². The van der Waals surface area contributed by atoms with E-state index in [0.717, 1.165) is 18.1 Å². The maximum atomic E-state index is 12.9. The summed E-state index contributed by atoms with van der Waals surface area (Å²) in [4.78, 5) is 50.2. The van der Waals surface area contributed by atoms with Gasteiger partial charge in [-0.2, -0.15) is 9.36 Å². The molecule has 37 heavy (non-hydrogen) atoms. The molecule has 0 aliphatic carbocycles. The number of oxime groups is 1. The number of carbonyl (C=O) groups excluding carboxylic acids is 2. The van der Waals surface area contributed by atoms with Gasteiger partial charge in [-0.25, -0.2) is 4.68 Å². The molecule has 0 radical (unpaired) electrons. The molecule has 2 aliphatic rings. The Balaban J connectivity index is 1.40. The SMILES string of the molecule is CON=C(C(=O)NC1C(=O)N2CC(CSc3nnnn3CCN(C)C)(C(=O)O)CS[C@H]12)c1nsc(N)n1. The smallest absolute Gasteiger partial charge is 0.313 e. The molecule has 2 amide bonds. The fourth-order valence-electron chi connectivity index (χ4n) is 3.66. The fourth-order valence-corrected chi connectivity index (χ4v) is 6.86. The first-order valence-corrected chi connectivity index (χ1v) is 13.7. The molecular formula is C18H25N11O5S3. The van der Waals surface area contributed by atoms with Gasteiger partial charge in [0.05, 0.1) is 6.54 Å². The number of aromatic nitrogens is 6. The quantitative estimate of drug-likeness (QED) is 0.119. The minimum absolute atomic E-state index is 0.000655. The molecule has 2 fully saturated rings. The maximum Gasteiger partial charge on any atom is 0.313 e. The van der Waals surface area contributed by atoms with Gasteiger partial charge >= 0.3 is 5.97 Å². The minimum atomic E-state index is -1.21. The van der Waals surface area contributed by atoms with Gasteiger partial charge in [0.2, 0.25) is 22.6 Å². The second kappa shape index (κ2) is 11.2. The van der Waals surface area contributed by atoms with Crippen LogP contribution in [0.1, 0.15) is 5.82 Å². The van der Waals surface area contributed by atoms with Crippen molar-refractivity contribution in [1.82, 2.24) is 44.7 Å². The molecule has 2 aromatic rings. The van der Waals surface area contributed by atoms with Gasteiger partial charge in [0.25, 0.3) is 5.91 Å². The number of nitrogen functional groups attached to an aromatic ring is 1. The summed E-state index contributed by atoms with van der Waals surface area (Å²) in [7, 11) is 5.13. The molecule has 0 saturated carbocycles. The van der Waals surface area contributed by atoms with E-state index in [0.29, 0.717) is 11.7 Å². The van der Waals surface area contributed by atoms with Crippen molar-refractivity contribution in [3.8, 4) is 0 Å². The molecule has 2 aromatic heterocycles. The summed E-state index contributed by atoms with van der Waals surface area (Å²) in [6, 6.07) is -0.853. The number of rotatable bonds is 11. The first kappa shape index (κ1) is 27.0. The van der Waals surface area contributed by atoms with Gasteiger partial charge in [0, 0.05) is 36.1 Å². The van der Waals surface area contributed by atoms with Crippen molar-refractivity contribution in [3.05, 3.63) is 5.82 Å². The van der Waals surface area contributed by atoms with Crippen LogP contribution in [0, 0.1) is 5.41 Å². The number of nitrogens with one attached hydrogen (secondary N) is 1. The van der Waals surface area contributed by atoms with Crippen LogP contribution in [0.25, 0.3) is 0 Å². The highest BCUT2D eigenvalue weighted by Crippen LogP contribution is 2.44. The Morgan fingerprint density at radius 3 is 2.86 bits per heavy atom. The number of anilines is 1. The van der Waals surface area contributed by atoms with Crippen molar-refractivity contribution in [1.29, 1.82) is 0 Å². The zero-order chi connectivity index (χ0) is 26.7. The summed E-state index contributed by atoms with van der Waals surface area (Å²) in [6.45, 7) is 1.28. The molecule has 4 N–H and O–H groups in total. The number of hydrogen-bond acceptors (Lipinski definition) is 15. The predicted octanol–water partition coefficient (Wildman–Crippen LogP) is -1.72. The third-order valence-electron chi connectivity index (χ3n) is 5.67. The third kappa shape index (κ3) is 5.63. The van der Waals surface area contributed by atoms with Crippen LogP contribution in [0.4, 0.5) is 5.13 Å². The van der Waals surface area contributed by atoms with Crippen LogP contribution >= 0.6 is 35.1 Å². The van der Waals surface area contributed by atoms with E-state index in [4.69, 9.17) is 10.6 Å². The molecule has 200 valence electrons. The molecule has 19 heteroatoms. The zero-order valence-corrected chi connectivity index (χ0v) is 22.5. The highest BCUT2D eigenvalue weighted by molar-refractivity contribution is 8.00. The lowest BCUT2D eigenvalue weighted by Crippen LogP contribution is -2.74. The second-order valence-electron chi connectivity index (χ2n) is 8.56. The summed E-state index contributed by atoms with van der Waals surface area (Å²) in [6.07, 6.45) is 0. The summed E-state index contributed by atoms with van der Waals surface area (Å²) in [5.74, 6) is -1.71. The number of carbonyl (C=O) groups is 3. The van der Waals surface area contributed by atoms with Crippen molar-refractivity contribution in [3.63, 3.8) is 0 Å². The molecule has 4 heterocycles. The summed E-state index contributed by atoms with van der Waals surface area (Å²) < 4.78 is 5.59. The van der Waals surface area contributed by atoms with E-state index < -0.39 is 28.7 Å². The number of amides is 2. The van der Waals surface area contributed by atoms with Crippen molar-refractivity contribution in [2.45, 2.75) is 23.1 Å². The van der Waals surface area contributed by atoms with E-state index in [9.17, 15) is 19.5 Å². The number of thioether (sulfide) groups is 2. The van der Waals surface area contributed by atoms with E-state index in [-0.39, 0.29) is 40.6 Å². The highest BCUT2D eigenvalue weighted by atomic mass is 32.2. The van der Waals surface area contributed by atoms with E-state index in [2.05, 4.69) is 35.4 Å². The number of hydrogen-bond donors (Lipinski definition) is 3. The average molecular weight is 572 g/mol. The minimum Gasteiger partial charge on any atom is -0.481 e. The number of nitrogens with two attached hydrogens (primary N) is 1. The lowest BCUT2D eigenvalue weighted by Gasteiger charge is -2.53. The Labute approximate surface area is 223 Å². The number of nitrogens with zero attached hydrogens (tertiary/aromatic N) is 9. The van der Waals surface area contributed by atoms with Gasteiger partial charge in [0.15, 0.2) is 5.13 Å².